The third-order valence-corrected chi connectivity index (χ3v) is 4.03. The van der Waals surface area contributed by atoms with Gasteiger partial charge in [0.25, 0.3) is 0 Å². The second kappa shape index (κ2) is 4.12. The molecule has 4 nitrogen and oxygen atoms in total. The molecule has 0 spiro atoms. The number of pyridine rings is 1. The molecule has 2 aromatic rings. The summed E-state index contributed by atoms with van der Waals surface area (Å²) < 4.78 is 0. The lowest BCUT2D eigenvalue weighted by Gasteiger charge is -2.23. The van der Waals surface area contributed by atoms with Crippen molar-refractivity contribution in [3.63, 3.8) is 0 Å². The third-order valence-electron chi connectivity index (χ3n) is 4.03. The summed E-state index contributed by atoms with van der Waals surface area (Å²) in [6, 6.07) is 5.88. The third kappa shape index (κ3) is 1.68. The van der Waals surface area contributed by atoms with Gasteiger partial charge in [0, 0.05) is 11.6 Å². The van der Waals surface area contributed by atoms with E-state index in [0.717, 1.165) is 17.0 Å². The molecule has 0 radical (unpaired) electrons. The lowest BCUT2D eigenvalue weighted by molar-refractivity contribution is 0.476. The highest BCUT2D eigenvalue weighted by atomic mass is 15.2. The van der Waals surface area contributed by atoms with E-state index in [1.54, 1.807) is 6.20 Å². The average Bonchev–Trinajstić information content (AvgIpc) is 2.98. The van der Waals surface area contributed by atoms with E-state index in [1.807, 2.05) is 18.2 Å². The second-order valence-electron chi connectivity index (χ2n) is 5.34. The van der Waals surface area contributed by atoms with Gasteiger partial charge in [0.15, 0.2) is 5.82 Å². The van der Waals surface area contributed by atoms with Crippen LogP contribution in [0.25, 0.3) is 11.3 Å². The summed E-state index contributed by atoms with van der Waals surface area (Å²) in [4.78, 5) is 4.41. The Balaban J connectivity index is 2.12. The van der Waals surface area contributed by atoms with E-state index >= 15 is 0 Å². The number of hydrogen-bond acceptors (Lipinski definition) is 3. The molecule has 3 rings (SSSR count). The molecule has 1 saturated carbocycles. The van der Waals surface area contributed by atoms with Crippen molar-refractivity contribution in [1.82, 2.24) is 15.2 Å². The minimum atomic E-state index is 0.164. The first-order chi connectivity index (χ1) is 8.71. The molecule has 1 aliphatic rings. The van der Waals surface area contributed by atoms with E-state index in [0.29, 0.717) is 5.82 Å². The van der Waals surface area contributed by atoms with Gasteiger partial charge in [-0.25, -0.2) is 0 Å². The van der Waals surface area contributed by atoms with Crippen LogP contribution in [0, 0.1) is 0 Å². The van der Waals surface area contributed by atoms with Crippen LogP contribution in [0.15, 0.2) is 24.4 Å². The summed E-state index contributed by atoms with van der Waals surface area (Å²) in [6.07, 6.45) is 6.72. The minimum absolute atomic E-state index is 0.164. The normalized spacial score (nSPS) is 18.1. The van der Waals surface area contributed by atoms with Crippen molar-refractivity contribution in [3.8, 4) is 11.3 Å². The lowest BCUT2D eigenvalue weighted by Crippen LogP contribution is -2.18. The molecule has 0 aliphatic heterocycles. The topological polar surface area (TPSA) is 67.6 Å². The zero-order chi connectivity index (χ0) is 12.6. The minimum Gasteiger partial charge on any atom is -0.382 e. The van der Waals surface area contributed by atoms with Gasteiger partial charge in [0.2, 0.25) is 0 Å². The zero-order valence-corrected chi connectivity index (χ0v) is 10.6. The van der Waals surface area contributed by atoms with Crippen molar-refractivity contribution in [3.05, 3.63) is 30.1 Å². The van der Waals surface area contributed by atoms with Crippen molar-refractivity contribution in [2.45, 2.75) is 38.0 Å². The first kappa shape index (κ1) is 11.3. The first-order valence-corrected chi connectivity index (χ1v) is 6.46. The van der Waals surface area contributed by atoms with Crippen LogP contribution in [-0.4, -0.2) is 15.2 Å². The van der Waals surface area contributed by atoms with Gasteiger partial charge >= 0.3 is 0 Å². The van der Waals surface area contributed by atoms with E-state index in [-0.39, 0.29) is 5.41 Å². The van der Waals surface area contributed by atoms with Gasteiger partial charge in [0.1, 0.15) is 0 Å². The van der Waals surface area contributed by atoms with E-state index in [9.17, 15) is 0 Å². The maximum Gasteiger partial charge on any atom is 0.154 e. The van der Waals surface area contributed by atoms with Gasteiger partial charge in [-0.15, -0.1) is 0 Å². The fourth-order valence-electron chi connectivity index (χ4n) is 2.97. The molecule has 1 aliphatic carbocycles. The Morgan fingerprint density at radius 2 is 2.06 bits per heavy atom. The van der Waals surface area contributed by atoms with Crippen LogP contribution in [-0.2, 0) is 5.41 Å². The number of hydrogen-bond donors (Lipinski definition) is 2. The number of anilines is 1. The molecule has 3 N–H and O–H groups in total. The van der Waals surface area contributed by atoms with Crippen LogP contribution < -0.4 is 5.73 Å². The fraction of sp³-hybridized carbons (Fsp3) is 0.429. The largest absolute Gasteiger partial charge is 0.382 e. The molecule has 18 heavy (non-hydrogen) atoms. The zero-order valence-electron chi connectivity index (χ0n) is 10.6. The number of aromatic nitrogens is 3. The smallest absolute Gasteiger partial charge is 0.154 e. The van der Waals surface area contributed by atoms with Crippen molar-refractivity contribution < 1.29 is 0 Å². The van der Waals surface area contributed by atoms with E-state index in [4.69, 9.17) is 5.73 Å². The number of nitrogens with two attached hydrogens (primary N) is 1. The summed E-state index contributed by atoms with van der Waals surface area (Å²) in [5.41, 5.74) is 9.23. The van der Waals surface area contributed by atoms with Gasteiger partial charge < -0.3 is 5.73 Å². The summed E-state index contributed by atoms with van der Waals surface area (Å²) in [6.45, 7) is 2.29. The lowest BCUT2D eigenvalue weighted by atomic mass is 9.82. The van der Waals surface area contributed by atoms with Gasteiger partial charge in [-0.2, -0.15) is 5.10 Å². The molecule has 0 atom stereocenters. The summed E-state index contributed by atoms with van der Waals surface area (Å²) >= 11 is 0. The van der Waals surface area contributed by atoms with Crippen LogP contribution in [0.3, 0.4) is 0 Å². The van der Waals surface area contributed by atoms with E-state index in [2.05, 4.69) is 22.1 Å². The standard InChI is InChI=1S/C14H18N4/c1-14(7-3-4-8-14)12-11(13(15)18-17-12)10-6-2-5-9-16-10/h2,5-6,9H,3-4,7-8H2,1H3,(H3,15,17,18). The molecule has 0 saturated heterocycles. The van der Waals surface area contributed by atoms with E-state index < -0.39 is 0 Å². The predicted molar refractivity (Wildman–Crippen MR) is 72.1 cm³/mol. The molecule has 0 bridgehead atoms. The summed E-state index contributed by atoms with van der Waals surface area (Å²) in [7, 11) is 0. The molecule has 0 unspecified atom stereocenters. The number of nitrogens with zero attached hydrogens (tertiary/aromatic N) is 2. The molecular weight excluding hydrogens is 224 g/mol. The Bertz CT molecular complexity index is 538. The molecular formula is C14H18N4. The number of rotatable bonds is 2. The Kier molecular flexibility index (Phi) is 2.58. The number of aromatic amines is 1. The van der Waals surface area contributed by atoms with E-state index in [1.165, 1.54) is 25.7 Å². The van der Waals surface area contributed by atoms with Crippen molar-refractivity contribution in [2.75, 3.05) is 5.73 Å². The average molecular weight is 242 g/mol. The predicted octanol–water partition coefficient (Wildman–Crippen LogP) is 2.89. The molecule has 0 aromatic carbocycles. The molecule has 2 heterocycles. The van der Waals surface area contributed by atoms with Crippen molar-refractivity contribution in [2.24, 2.45) is 0 Å². The molecule has 4 heteroatoms. The van der Waals surface area contributed by atoms with Crippen LogP contribution in [0.2, 0.25) is 0 Å². The fourth-order valence-corrected chi connectivity index (χ4v) is 2.97. The Labute approximate surface area is 107 Å². The number of H-pyrrole nitrogens is 1. The maximum absolute atomic E-state index is 6.02. The molecule has 2 aromatic heterocycles. The Morgan fingerprint density at radius 1 is 1.28 bits per heavy atom. The monoisotopic (exact) mass is 242 g/mol. The van der Waals surface area contributed by atoms with Crippen LogP contribution in [0.4, 0.5) is 5.82 Å². The number of nitrogens with one attached hydrogen (secondary N) is 1. The SMILES string of the molecule is CC1(c2[nH]nc(N)c2-c2ccccn2)CCCC1. The van der Waals surface area contributed by atoms with Crippen molar-refractivity contribution >= 4 is 5.82 Å². The maximum atomic E-state index is 6.02. The van der Waals surface area contributed by atoms with Gasteiger partial charge in [0.05, 0.1) is 17.0 Å². The van der Waals surface area contributed by atoms with Crippen LogP contribution >= 0.6 is 0 Å². The summed E-state index contributed by atoms with van der Waals surface area (Å²) in [5, 5.41) is 7.34. The highest BCUT2D eigenvalue weighted by Crippen LogP contribution is 2.44. The molecule has 1 fully saturated rings. The Morgan fingerprint density at radius 3 is 2.72 bits per heavy atom. The van der Waals surface area contributed by atoms with Crippen molar-refractivity contribution in [1.29, 1.82) is 0 Å². The highest BCUT2D eigenvalue weighted by molar-refractivity contribution is 5.74. The Hall–Kier alpha value is -1.84. The second-order valence-corrected chi connectivity index (χ2v) is 5.34. The highest BCUT2D eigenvalue weighted by Gasteiger charge is 2.35. The molecule has 94 valence electrons. The quantitative estimate of drug-likeness (QED) is 0.850. The summed E-state index contributed by atoms with van der Waals surface area (Å²) in [5.74, 6) is 0.553. The first-order valence-electron chi connectivity index (χ1n) is 6.46. The van der Waals surface area contributed by atoms with Crippen LogP contribution in [0.1, 0.15) is 38.3 Å². The van der Waals surface area contributed by atoms with Crippen LogP contribution in [0.5, 0.6) is 0 Å². The molecule has 0 amide bonds. The van der Waals surface area contributed by atoms with Gasteiger partial charge in [-0.05, 0) is 25.0 Å². The van der Waals surface area contributed by atoms with Gasteiger partial charge in [-0.1, -0.05) is 25.8 Å². The van der Waals surface area contributed by atoms with Gasteiger partial charge in [-0.3, -0.25) is 10.1 Å². The number of nitrogen functional groups attached to an aromatic ring is 1.